The van der Waals surface area contributed by atoms with Crippen LogP contribution in [-0.4, -0.2) is 116 Å². The van der Waals surface area contributed by atoms with Gasteiger partial charge in [0.1, 0.15) is 24.2 Å². The summed E-state index contributed by atoms with van der Waals surface area (Å²) in [5.41, 5.74) is -0.835. The van der Waals surface area contributed by atoms with Crippen LogP contribution >= 0.6 is 0 Å². The van der Waals surface area contributed by atoms with Gasteiger partial charge in [-0.1, -0.05) is 40.0 Å². The van der Waals surface area contributed by atoms with E-state index in [-0.39, 0.29) is 36.3 Å². The molecule has 6 N–H and O–H groups in total. The summed E-state index contributed by atoms with van der Waals surface area (Å²) in [4.78, 5) is 108. The number of nitrogens with one attached hydrogen (secondary N) is 6. The summed E-state index contributed by atoms with van der Waals surface area (Å²) < 4.78 is 9.25. The molecular formula is C37H57N7O10. The van der Waals surface area contributed by atoms with E-state index in [9.17, 15) is 38.4 Å². The fourth-order valence-corrected chi connectivity index (χ4v) is 8.59. The van der Waals surface area contributed by atoms with E-state index < -0.39 is 83.1 Å². The molecule has 5 fully saturated rings. The van der Waals surface area contributed by atoms with Gasteiger partial charge in [-0.25, -0.2) is 9.59 Å². The quantitative estimate of drug-likeness (QED) is 0.134. The Morgan fingerprint density at radius 3 is 2.06 bits per heavy atom. The highest BCUT2D eigenvalue weighted by atomic mass is 16.5. The standard InChI is InChI=1S/C37H57N7O10/c1-18(28(45)33(49)40-22-12-13-22)39-32(48)27-25-21(14-20-15-23(20)25)17-44(27)34(50)29(37(2,3)4)43-31(47)26(19-10-8-7-9-11-19)42-30(46)24(41-36(52)54-6)16-38-35(51)53-5/h18-27,29H,7-17H2,1-6H3,(H,38,51)(H,39,48)(H,40,49)(H,41,52)(H,42,46)(H,43,47)/t18-,20?,21-,23?,24-,25+,26-,27-,29+/m0/s1. The third-order valence-electron chi connectivity index (χ3n) is 11.7. The fourth-order valence-electron chi connectivity index (χ4n) is 8.59. The molecule has 54 heavy (non-hydrogen) atoms. The number of methoxy groups -OCH3 is 2. The first-order chi connectivity index (χ1) is 25.5. The van der Waals surface area contributed by atoms with Gasteiger partial charge >= 0.3 is 12.2 Å². The van der Waals surface area contributed by atoms with Crippen molar-refractivity contribution in [2.75, 3.05) is 27.3 Å². The number of hydrogen-bond donors (Lipinski definition) is 6. The molecule has 0 bridgehead atoms. The molecule has 1 saturated heterocycles. The molecule has 1 heterocycles. The smallest absolute Gasteiger partial charge is 0.407 e. The molecule has 9 atom stereocenters. The lowest BCUT2D eigenvalue weighted by atomic mass is 9.82. The Hall–Kier alpha value is -4.44. The number of carbonyl (C=O) groups is 8. The van der Waals surface area contributed by atoms with E-state index in [1.165, 1.54) is 6.92 Å². The Bertz CT molecular complexity index is 1490. The number of nitrogens with zero attached hydrogens (tertiary/aromatic N) is 1. The van der Waals surface area contributed by atoms with Gasteiger partial charge in [0.2, 0.25) is 29.4 Å². The molecule has 7 amide bonds. The van der Waals surface area contributed by atoms with E-state index in [1.54, 1.807) is 25.7 Å². The maximum absolute atomic E-state index is 14.7. The number of Topliss-reactive ketones (excluding diaryl/α,β-unsaturated/α-hetero) is 1. The summed E-state index contributed by atoms with van der Waals surface area (Å²) in [5.74, 6) is -3.32. The number of likely N-dealkylation sites (tertiary alicyclic amines) is 1. The Morgan fingerprint density at radius 1 is 0.778 bits per heavy atom. The van der Waals surface area contributed by atoms with Crippen molar-refractivity contribution in [1.82, 2.24) is 36.8 Å². The van der Waals surface area contributed by atoms with Crippen LogP contribution in [0.2, 0.25) is 0 Å². The van der Waals surface area contributed by atoms with E-state index in [2.05, 4.69) is 41.4 Å². The first-order valence-electron chi connectivity index (χ1n) is 19.3. The van der Waals surface area contributed by atoms with Crippen LogP contribution in [0.15, 0.2) is 0 Å². The molecule has 4 aliphatic carbocycles. The zero-order chi connectivity index (χ0) is 39.5. The third-order valence-corrected chi connectivity index (χ3v) is 11.7. The normalized spacial score (nSPS) is 26.7. The highest BCUT2D eigenvalue weighted by molar-refractivity contribution is 6.38. The van der Waals surface area contributed by atoms with Crippen LogP contribution in [0.1, 0.15) is 85.5 Å². The molecule has 0 spiro atoms. The number of ketones is 1. The zero-order valence-corrected chi connectivity index (χ0v) is 32.2. The second-order valence-electron chi connectivity index (χ2n) is 16.8. The number of carbonyl (C=O) groups excluding carboxylic acids is 8. The molecule has 0 aromatic carbocycles. The van der Waals surface area contributed by atoms with Gasteiger partial charge in [0.15, 0.2) is 0 Å². The molecule has 0 radical (unpaired) electrons. The summed E-state index contributed by atoms with van der Waals surface area (Å²) in [5, 5.41) is 15.9. The predicted molar refractivity (Wildman–Crippen MR) is 192 cm³/mol. The minimum absolute atomic E-state index is 0.0181. The first-order valence-corrected chi connectivity index (χ1v) is 19.3. The minimum Gasteiger partial charge on any atom is -0.453 e. The van der Waals surface area contributed by atoms with Gasteiger partial charge in [-0.05, 0) is 80.5 Å². The Labute approximate surface area is 315 Å². The van der Waals surface area contributed by atoms with Crippen molar-refractivity contribution in [3.05, 3.63) is 0 Å². The van der Waals surface area contributed by atoms with Crippen molar-refractivity contribution in [2.45, 2.75) is 122 Å². The van der Waals surface area contributed by atoms with Crippen molar-refractivity contribution < 1.29 is 47.8 Å². The molecule has 5 rings (SSSR count). The van der Waals surface area contributed by atoms with Crippen LogP contribution in [0.25, 0.3) is 0 Å². The van der Waals surface area contributed by atoms with Crippen LogP contribution in [0.3, 0.4) is 0 Å². The van der Waals surface area contributed by atoms with E-state index in [0.29, 0.717) is 25.3 Å². The van der Waals surface area contributed by atoms with E-state index in [1.807, 2.05) is 0 Å². The van der Waals surface area contributed by atoms with Crippen LogP contribution in [0.5, 0.6) is 0 Å². The summed E-state index contributed by atoms with van der Waals surface area (Å²) in [7, 11) is 2.28. The number of hydrogen-bond acceptors (Lipinski definition) is 10. The SMILES string of the molecule is COC(=O)NC[C@H](NC(=O)OC)C(=O)N[C@H](C(=O)N[C@H](C(=O)N1C[C@@H]2CC3CC3[C@@H]2[C@H]1C(=O)N[C@@H](C)C(=O)C(=O)NC1CC1)C(C)(C)C)C1CCCCC1. The second kappa shape index (κ2) is 16.9. The monoisotopic (exact) mass is 759 g/mol. The van der Waals surface area contributed by atoms with E-state index >= 15 is 0 Å². The summed E-state index contributed by atoms with van der Waals surface area (Å²) >= 11 is 0. The number of alkyl carbamates (subject to hydrolysis) is 2. The maximum Gasteiger partial charge on any atom is 0.407 e. The lowest BCUT2D eigenvalue weighted by Gasteiger charge is -2.38. The van der Waals surface area contributed by atoms with Gasteiger partial charge in [0, 0.05) is 12.6 Å². The highest BCUT2D eigenvalue weighted by Crippen LogP contribution is 2.62. The summed E-state index contributed by atoms with van der Waals surface area (Å²) in [6, 6.07) is -5.51. The molecule has 5 aliphatic rings. The van der Waals surface area contributed by atoms with Gasteiger partial charge in [0.25, 0.3) is 5.91 Å². The van der Waals surface area contributed by atoms with Crippen LogP contribution < -0.4 is 31.9 Å². The van der Waals surface area contributed by atoms with Gasteiger partial charge in [-0.3, -0.25) is 28.8 Å². The lowest BCUT2D eigenvalue weighted by Crippen LogP contribution is -2.63. The Kier molecular flexibility index (Phi) is 12.8. The lowest BCUT2D eigenvalue weighted by molar-refractivity contribution is -0.146. The van der Waals surface area contributed by atoms with Crippen molar-refractivity contribution >= 4 is 47.5 Å². The maximum atomic E-state index is 14.7. The van der Waals surface area contributed by atoms with Gasteiger partial charge in [-0.15, -0.1) is 0 Å². The van der Waals surface area contributed by atoms with Crippen molar-refractivity contribution in [1.29, 1.82) is 0 Å². The average Bonchev–Trinajstić information content (AvgIpc) is 4.05. The average molecular weight is 760 g/mol. The number of amides is 7. The molecular weight excluding hydrogens is 702 g/mol. The van der Waals surface area contributed by atoms with Crippen molar-refractivity contribution in [3.63, 3.8) is 0 Å². The third kappa shape index (κ3) is 9.61. The minimum atomic E-state index is -1.32. The fraction of sp³-hybridized carbons (Fsp3) is 0.784. The number of rotatable bonds is 14. The molecule has 2 unspecified atom stereocenters. The van der Waals surface area contributed by atoms with Crippen molar-refractivity contribution in [2.24, 2.45) is 35.0 Å². The zero-order valence-electron chi connectivity index (χ0n) is 32.2. The Morgan fingerprint density at radius 2 is 1.44 bits per heavy atom. The molecule has 17 heteroatoms. The topological polar surface area (TPSA) is 230 Å². The second-order valence-corrected chi connectivity index (χ2v) is 16.8. The molecule has 0 aromatic rings. The number of ether oxygens (including phenoxy) is 2. The number of fused-ring (bicyclic) bond motifs is 3. The summed E-state index contributed by atoms with van der Waals surface area (Å²) in [6.07, 6.45) is 5.62. The van der Waals surface area contributed by atoms with Gasteiger partial charge in [-0.2, -0.15) is 0 Å². The molecule has 4 saturated carbocycles. The van der Waals surface area contributed by atoms with Crippen LogP contribution in [-0.2, 0) is 38.2 Å². The highest BCUT2D eigenvalue weighted by Gasteiger charge is 2.63. The van der Waals surface area contributed by atoms with Gasteiger partial charge in [0.05, 0.1) is 26.8 Å². The molecule has 0 aromatic heterocycles. The first kappa shape index (κ1) is 40.7. The predicted octanol–water partition coefficient (Wildman–Crippen LogP) is 0.498. The molecule has 300 valence electrons. The van der Waals surface area contributed by atoms with E-state index in [4.69, 9.17) is 0 Å². The molecule has 1 aliphatic heterocycles. The molecule has 17 nitrogen and oxygen atoms in total. The van der Waals surface area contributed by atoms with Crippen molar-refractivity contribution in [3.8, 4) is 0 Å². The Balaban J connectivity index is 1.35. The van der Waals surface area contributed by atoms with Crippen LogP contribution in [0.4, 0.5) is 9.59 Å². The van der Waals surface area contributed by atoms with Gasteiger partial charge < -0.3 is 46.3 Å². The van der Waals surface area contributed by atoms with E-state index in [0.717, 1.165) is 59.2 Å². The largest absolute Gasteiger partial charge is 0.453 e. The van der Waals surface area contributed by atoms with Crippen LogP contribution in [0, 0.1) is 35.0 Å². The summed E-state index contributed by atoms with van der Waals surface area (Å²) in [6.45, 7) is 6.85.